The van der Waals surface area contributed by atoms with Gasteiger partial charge in [0.1, 0.15) is 0 Å². The van der Waals surface area contributed by atoms with Gasteiger partial charge >= 0.3 is 0 Å². The Balaban J connectivity index is 2.10. The van der Waals surface area contributed by atoms with Crippen LogP contribution in [0.4, 0.5) is 0 Å². The molecular formula is C32H34P2. The van der Waals surface area contributed by atoms with Crippen molar-refractivity contribution >= 4 is 37.1 Å². The van der Waals surface area contributed by atoms with Gasteiger partial charge in [-0.25, -0.2) is 0 Å². The lowest BCUT2D eigenvalue weighted by molar-refractivity contribution is 0.626. The molecule has 0 spiro atoms. The summed E-state index contributed by atoms with van der Waals surface area (Å²) >= 11 is 0. The lowest BCUT2D eigenvalue weighted by Gasteiger charge is -2.35. The predicted molar refractivity (Wildman–Crippen MR) is 155 cm³/mol. The maximum Gasteiger partial charge on any atom is -0.00489 e. The molecule has 0 saturated carbocycles. The molecule has 34 heavy (non-hydrogen) atoms. The maximum absolute atomic E-state index is 2.38. The fourth-order valence-electron chi connectivity index (χ4n) is 4.64. The smallest absolute Gasteiger partial charge is 0.00489 e. The summed E-state index contributed by atoms with van der Waals surface area (Å²) in [6, 6.07) is 44.8. The predicted octanol–water partition coefficient (Wildman–Crippen LogP) is 7.78. The highest BCUT2D eigenvalue weighted by atomic mass is 31.2. The van der Waals surface area contributed by atoms with E-state index in [0.29, 0.717) is 11.8 Å². The molecule has 4 aromatic rings. The zero-order chi connectivity index (χ0) is 23.9. The summed E-state index contributed by atoms with van der Waals surface area (Å²) in [6.07, 6.45) is 0. The van der Waals surface area contributed by atoms with Crippen molar-refractivity contribution in [3.05, 3.63) is 132 Å². The molecule has 0 amide bonds. The van der Waals surface area contributed by atoms with Crippen LogP contribution in [0.3, 0.4) is 0 Å². The molecule has 0 aromatic heterocycles. The number of hydrogen-bond donors (Lipinski definition) is 0. The molecule has 0 N–H and O–H groups in total. The zero-order valence-corrected chi connectivity index (χ0v) is 22.4. The average molecular weight is 481 g/mol. The molecule has 0 radical (unpaired) electrons. The van der Waals surface area contributed by atoms with Crippen molar-refractivity contribution in [2.75, 3.05) is 0 Å². The lowest BCUT2D eigenvalue weighted by Crippen LogP contribution is -2.22. The fraction of sp³-hybridized carbons (Fsp3) is 0.188. The minimum atomic E-state index is -0.697. The van der Waals surface area contributed by atoms with Gasteiger partial charge in [-0.15, -0.1) is 0 Å². The minimum Gasteiger partial charge on any atom is -0.0622 e. The molecule has 2 heteroatoms. The Hall–Kier alpha value is -2.52. The van der Waals surface area contributed by atoms with Crippen LogP contribution in [0.5, 0.6) is 0 Å². The summed E-state index contributed by atoms with van der Waals surface area (Å²) in [5.41, 5.74) is 1.61. The first-order valence-electron chi connectivity index (χ1n) is 12.1. The van der Waals surface area contributed by atoms with Gasteiger partial charge in [-0.05, 0) is 54.0 Å². The lowest BCUT2D eigenvalue weighted by atomic mass is 9.94. The van der Waals surface area contributed by atoms with E-state index in [1.807, 2.05) is 0 Å². The fourth-order valence-corrected chi connectivity index (χ4v) is 11.8. The van der Waals surface area contributed by atoms with Crippen LogP contribution in [0.25, 0.3) is 0 Å². The van der Waals surface area contributed by atoms with Crippen LogP contribution in [0, 0.1) is 11.8 Å². The summed E-state index contributed by atoms with van der Waals surface area (Å²) in [4.78, 5) is 0. The monoisotopic (exact) mass is 480 g/mol. The molecule has 0 aliphatic carbocycles. The van der Waals surface area contributed by atoms with Crippen molar-refractivity contribution in [2.24, 2.45) is 11.8 Å². The number of allylic oxidation sites excluding steroid dienone is 1. The van der Waals surface area contributed by atoms with Crippen LogP contribution in [0.1, 0.15) is 27.7 Å². The van der Waals surface area contributed by atoms with Crippen molar-refractivity contribution in [1.29, 1.82) is 0 Å². The largest absolute Gasteiger partial charge is 0.0622 e. The van der Waals surface area contributed by atoms with E-state index >= 15 is 0 Å². The highest BCUT2D eigenvalue weighted by molar-refractivity contribution is 7.94. The normalized spacial score (nSPS) is 11.4. The second-order valence-corrected chi connectivity index (χ2v) is 13.8. The molecule has 0 nitrogen and oxygen atoms in total. The Kier molecular flexibility index (Phi) is 8.50. The zero-order valence-electron chi connectivity index (χ0n) is 20.6. The first kappa shape index (κ1) is 24.6. The van der Waals surface area contributed by atoms with E-state index in [4.69, 9.17) is 0 Å². The minimum absolute atomic E-state index is 0.477. The van der Waals surface area contributed by atoms with Gasteiger partial charge in [-0.1, -0.05) is 155 Å². The Morgan fingerprint density at radius 2 is 0.647 bits per heavy atom. The van der Waals surface area contributed by atoms with Crippen molar-refractivity contribution < 1.29 is 0 Å². The van der Waals surface area contributed by atoms with Gasteiger partial charge in [0.15, 0.2) is 0 Å². The highest BCUT2D eigenvalue weighted by Crippen LogP contribution is 2.62. The molecule has 4 aromatic carbocycles. The molecule has 0 saturated heterocycles. The van der Waals surface area contributed by atoms with E-state index < -0.39 is 15.8 Å². The highest BCUT2D eigenvalue weighted by Gasteiger charge is 2.32. The van der Waals surface area contributed by atoms with Gasteiger partial charge in [0.2, 0.25) is 0 Å². The maximum atomic E-state index is 2.38. The van der Waals surface area contributed by atoms with E-state index in [1.54, 1.807) is 10.6 Å². The van der Waals surface area contributed by atoms with Crippen LogP contribution in [0.2, 0.25) is 0 Å². The molecule has 0 atom stereocenters. The van der Waals surface area contributed by atoms with Crippen molar-refractivity contribution in [3.63, 3.8) is 0 Å². The van der Waals surface area contributed by atoms with Crippen LogP contribution in [-0.4, -0.2) is 0 Å². The van der Waals surface area contributed by atoms with Crippen molar-refractivity contribution in [3.8, 4) is 0 Å². The number of rotatable bonds is 8. The molecular weight excluding hydrogens is 446 g/mol. The quantitative estimate of drug-likeness (QED) is 0.226. The third-order valence-electron chi connectivity index (χ3n) is 5.98. The first-order valence-corrected chi connectivity index (χ1v) is 14.8. The third kappa shape index (κ3) is 5.58. The number of hydrogen-bond acceptors (Lipinski definition) is 0. The van der Waals surface area contributed by atoms with Gasteiger partial charge in [-0.2, -0.15) is 0 Å². The molecule has 0 bridgehead atoms. The van der Waals surface area contributed by atoms with Gasteiger partial charge < -0.3 is 0 Å². The van der Waals surface area contributed by atoms with Crippen molar-refractivity contribution in [2.45, 2.75) is 27.7 Å². The van der Waals surface area contributed by atoms with Gasteiger partial charge in [-0.3, -0.25) is 0 Å². The van der Waals surface area contributed by atoms with E-state index in [9.17, 15) is 0 Å². The first-order chi connectivity index (χ1) is 16.6. The molecule has 0 unspecified atom stereocenters. The van der Waals surface area contributed by atoms with E-state index in [1.165, 1.54) is 21.2 Å². The van der Waals surface area contributed by atoms with Crippen LogP contribution < -0.4 is 21.2 Å². The molecule has 0 fully saturated rings. The standard InChI is InChI=1S/C32H34P2/c1-25(2)31(26(3)4)32(33(27-17-9-5-10-18-27)28-19-11-6-12-20-28)34(29-21-13-7-14-22-29)30-23-15-8-16-24-30/h5-26H,1-4H3. The van der Waals surface area contributed by atoms with E-state index in [2.05, 4.69) is 149 Å². The SMILES string of the molecule is CC(C)C(=C(P(c1ccccc1)c1ccccc1)P(c1ccccc1)c1ccccc1)C(C)C. The van der Waals surface area contributed by atoms with Crippen LogP contribution in [0.15, 0.2) is 132 Å². The second kappa shape index (κ2) is 11.8. The Morgan fingerprint density at radius 1 is 0.412 bits per heavy atom. The summed E-state index contributed by atoms with van der Waals surface area (Å²) in [6.45, 7) is 9.51. The molecule has 0 aliphatic heterocycles. The van der Waals surface area contributed by atoms with E-state index in [-0.39, 0.29) is 0 Å². The topological polar surface area (TPSA) is 0 Å². The van der Waals surface area contributed by atoms with Crippen LogP contribution >= 0.6 is 15.8 Å². The summed E-state index contributed by atoms with van der Waals surface area (Å²) in [5, 5.41) is 7.35. The molecule has 0 heterocycles. The summed E-state index contributed by atoms with van der Waals surface area (Å²) in [5.74, 6) is 0.953. The molecule has 172 valence electrons. The number of benzene rings is 4. The van der Waals surface area contributed by atoms with E-state index in [0.717, 1.165) is 0 Å². The van der Waals surface area contributed by atoms with Gasteiger partial charge in [0.25, 0.3) is 0 Å². The van der Waals surface area contributed by atoms with Gasteiger partial charge in [0.05, 0.1) is 0 Å². The third-order valence-corrected chi connectivity index (χ3v) is 11.8. The van der Waals surface area contributed by atoms with Crippen LogP contribution in [-0.2, 0) is 0 Å². The Labute approximate surface area is 208 Å². The Bertz CT molecular complexity index is 1010. The Morgan fingerprint density at radius 3 is 0.853 bits per heavy atom. The summed E-state index contributed by atoms with van der Waals surface area (Å²) < 4.78 is 0. The molecule has 4 rings (SSSR count). The second-order valence-electron chi connectivity index (χ2n) is 9.10. The summed E-state index contributed by atoms with van der Waals surface area (Å²) in [7, 11) is -1.39. The average Bonchev–Trinajstić information content (AvgIpc) is 2.86. The molecule has 0 aliphatic rings. The van der Waals surface area contributed by atoms with Crippen molar-refractivity contribution in [1.82, 2.24) is 0 Å². The van der Waals surface area contributed by atoms with Gasteiger partial charge in [0, 0.05) is 0 Å².